The Morgan fingerprint density at radius 1 is 1.29 bits per heavy atom. The molecule has 1 aromatic heterocycles. The van der Waals surface area contributed by atoms with Crippen LogP contribution in [0.4, 0.5) is 0 Å². The van der Waals surface area contributed by atoms with Crippen LogP contribution in [0.5, 0.6) is 0 Å². The molecule has 3 atom stereocenters. The zero-order valence-corrected chi connectivity index (χ0v) is 20.6. The highest BCUT2D eigenvalue weighted by Crippen LogP contribution is 2.47. The van der Waals surface area contributed by atoms with Crippen LogP contribution in [-0.2, 0) is 6.42 Å². The van der Waals surface area contributed by atoms with Crippen LogP contribution in [0.2, 0.25) is 0 Å². The minimum atomic E-state index is -0.822. The van der Waals surface area contributed by atoms with Crippen molar-refractivity contribution in [2.24, 2.45) is 17.3 Å². The van der Waals surface area contributed by atoms with Crippen molar-refractivity contribution < 1.29 is 15.0 Å². The van der Waals surface area contributed by atoms with Crippen LogP contribution >= 0.6 is 11.3 Å². The molecule has 2 aliphatic carbocycles. The minimum Gasteiger partial charge on any atom is -0.477 e. The van der Waals surface area contributed by atoms with Gasteiger partial charge in [0.15, 0.2) is 0 Å². The van der Waals surface area contributed by atoms with Crippen LogP contribution in [-0.4, -0.2) is 22.3 Å². The second-order valence-corrected chi connectivity index (χ2v) is 9.57. The van der Waals surface area contributed by atoms with Crippen molar-refractivity contribution in [1.82, 2.24) is 0 Å². The van der Waals surface area contributed by atoms with Crippen LogP contribution < -0.4 is 0 Å². The second-order valence-electron chi connectivity index (χ2n) is 8.40. The number of aryl methyl sites for hydroxylation is 1. The average molecular weight is 448 g/mol. The van der Waals surface area contributed by atoms with Crippen LogP contribution in [0, 0.1) is 28.6 Å². The first-order valence-corrected chi connectivity index (χ1v) is 12.8. The summed E-state index contributed by atoms with van der Waals surface area (Å²) in [6, 6.07) is 5.95. The standard InChI is InChI=1S/C16H25NO.C8H10O2S.C2H6/c1-2-16(10-5-11-16)15(18)9-4-7-13-6-3-8-14(13)12-17;1-2-3-6-4-5-7(11-6)8(9)10;1-2/h4,7,13-15,18H,2-3,5-6,8-11H2,1H3;4-5H,2-3H2,1H3,(H,9,10);1-2H3/b7-4+;;/t13?,14-,15?;;/m1../s1. The van der Waals surface area contributed by atoms with Crippen molar-refractivity contribution in [3.8, 4) is 6.07 Å². The van der Waals surface area contributed by atoms with Crippen LogP contribution in [0.25, 0.3) is 0 Å². The predicted octanol–water partition coefficient (Wildman–Crippen LogP) is 7.24. The molecule has 0 saturated heterocycles. The van der Waals surface area contributed by atoms with Crippen molar-refractivity contribution in [3.05, 3.63) is 34.0 Å². The molecule has 2 aliphatic rings. The summed E-state index contributed by atoms with van der Waals surface area (Å²) in [5.74, 6) is -0.180. The number of aromatic carboxylic acids is 1. The van der Waals surface area contributed by atoms with Gasteiger partial charge in [0.1, 0.15) is 4.88 Å². The van der Waals surface area contributed by atoms with E-state index in [0.29, 0.717) is 10.8 Å². The molecule has 0 bridgehead atoms. The zero-order chi connectivity index (χ0) is 23.3. The van der Waals surface area contributed by atoms with E-state index in [4.69, 9.17) is 10.4 Å². The van der Waals surface area contributed by atoms with Gasteiger partial charge in [-0.25, -0.2) is 4.79 Å². The molecule has 5 heteroatoms. The van der Waals surface area contributed by atoms with Gasteiger partial charge in [-0.1, -0.05) is 59.1 Å². The van der Waals surface area contributed by atoms with E-state index in [0.717, 1.165) is 43.4 Å². The Balaban J connectivity index is 0.000000317. The summed E-state index contributed by atoms with van der Waals surface area (Å²) >= 11 is 1.37. The van der Waals surface area contributed by atoms with Crippen molar-refractivity contribution in [1.29, 1.82) is 5.26 Å². The van der Waals surface area contributed by atoms with Crippen molar-refractivity contribution in [3.63, 3.8) is 0 Å². The van der Waals surface area contributed by atoms with Gasteiger partial charge < -0.3 is 10.2 Å². The van der Waals surface area contributed by atoms with Gasteiger partial charge in [0, 0.05) is 4.88 Å². The van der Waals surface area contributed by atoms with E-state index >= 15 is 0 Å². The van der Waals surface area contributed by atoms with E-state index in [2.05, 4.69) is 32.1 Å². The molecule has 3 rings (SSSR count). The van der Waals surface area contributed by atoms with Gasteiger partial charge in [-0.05, 0) is 68.4 Å². The molecule has 0 amide bonds. The number of aliphatic hydroxyl groups is 1. The Morgan fingerprint density at radius 2 is 2.00 bits per heavy atom. The van der Waals surface area contributed by atoms with Crippen molar-refractivity contribution >= 4 is 17.3 Å². The fourth-order valence-corrected chi connectivity index (χ4v) is 5.39. The molecule has 1 aromatic rings. The van der Waals surface area contributed by atoms with E-state index in [9.17, 15) is 9.90 Å². The summed E-state index contributed by atoms with van der Waals surface area (Å²) in [7, 11) is 0. The number of thiophene rings is 1. The Morgan fingerprint density at radius 3 is 2.48 bits per heavy atom. The molecule has 174 valence electrons. The molecule has 0 radical (unpaired) electrons. The number of carboxylic acids is 1. The molecule has 4 nitrogen and oxygen atoms in total. The van der Waals surface area contributed by atoms with Gasteiger partial charge in [-0.2, -0.15) is 5.26 Å². The number of allylic oxidation sites excluding steroid dienone is 1. The van der Waals surface area contributed by atoms with Crippen LogP contribution in [0.1, 0.15) is 100 Å². The molecule has 2 unspecified atom stereocenters. The number of aliphatic hydroxyl groups excluding tert-OH is 1. The number of carboxylic acid groups (broad SMARTS) is 1. The van der Waals surface area contributed by atoms with E-state index in [1.165, 1.54) is 37.0 Å². The van der Waals surface area contributed by atoms with E-state index in [1.54, 1.807) is 6.07 Å². The highest BCUT2D eigenvalue weighted by atomic mass is 32.1. The third kappa shape index (κ3) is 8.09. The molecular weight excluding hydrogens is 406 g/mol. The average Bonchev–Trinajstić information content (AvgIpc) is 3.39. The van der Waals surface area contributed by atoms with E-state index in [1.807, 2.05) is 19.9 Å². The lowest BCUT2D eigenvalue weighted by atomic mass is 9.63. The van der Waals surface area contributed by atoms with E-state index < -0.39 is 5.97 Å². The normalized spacial score (nSPS) is 22.3. The van der Waals surface area contributed by atoms with Gasteiger partial charge in [-0.15, -0.1) is 11.3 Å². The first kappa shape index (κ1) is 27.4. The lowest BCUT2D eigenvalue weighted by Crippen LogP contribution is -2.40. The first-order chi connectivity index (χ1) is 15.0. The van der Waals surface area contributed by atoms with Crippen molar-refractivity contribution in [2.75, 3.05) is 0 Å². The fraction of sp³-hybridized carbons (Fsp3) is 0.692. The minimum absolute atomic E-state index is 0.186. The molecule has 2 fully saturated rings. The zero-order valence-electron chi connectivity index (χ0n) is 19.8. The second kappa shape index (κ2) is 14.4. The number of hydrogen-bond donors (Lipinski definition) is 2. The van der Waals surface area contributed by atoms with Crippen molar-refractivity contribution in [2.45, 2.75) is 98.0 Å². The summed E-state index contributed by atoms with van der Waals surface area (Å²) in [5.41, 5.74) is 0.203. The maximum absolute atomic E-state index is 10.4. The van der Waals surface area contributed by atoms with Gasteiger partial charge in [-0.3, -0.25) is 0 Å². The Kier molecular flexibility index (Phi) is 12.7. The van der Waals surface area contributed by atoms with Gasteiger partial charge in [0.25, 0.3) is 0 Å². The lowest BCUT2D eigenvalue weighted by Gasteiger charge is -2.45. The number of nitrogens with zero attached hydrogens (tertiary/aromatic N) is 1. The number of nitriles is 1. The number of rotatable bonds is 8. The summed E-state index contributed by atoms with van der Waals surface area (Å²) < 4.78 is 0. The Labute approximate surface area is 193 Å². The predicted molar refractivity (Wildman–Crippen MR) is 129 cm³/mol. The summed E-state index contributed by atoms with van der Waals surface area (Å²) in [5, 5.41) is 27.9. The summed E-state index contributed by atoms with van der Waals surface area (Å²) in [6.07, 6.45) is 15.0. The van der Waals surface area contributed by atoms with Gasteiger partial charge in [0.05, 0.1) is 18.1 Å². The smallest absolute Gasteiger partial charge is 0.345 e. The van der Waals surface area contributed by atoms with Crippen LogP contribution in [0.15, 0.2) is 24.3 Å². The molecule has 0 spiro atoms. The highest BCUT2D eigenvalue weighted by Gasteiger charge is 2.41. The number of carbonyl (C=O) groups is 1. The molecular formula is C26H41NO3S. The third-order valence-corrected chi connectivity index (χ3v) is 7.74. The number of hydrogen-bond acceptors (Lipinski definition) is 4. The Hall–Kier alpha value is -1.64. The maximum Gasteiger partial charge on any atom is 0.345 e. The van der Waals surface area contributed by atoms with Crippen LogP contribution in [0.3, 0.4) is 0 Å². The quantitative estimate of drug-likeness (QED) is 0.412. The largest absolute Gasteiger partial charge is 0.477 e. The summed E-state index contributed by atoms with van der Waals surface area (Å²) in [6.45, 7) is 8.27. The summed E-state index contributed by atoms with van der Waals surface area (Å²) in [4.78, 5) is 12.0. The monoisotopic (exact) mass is 447 g/mol. The lowest BCUT2D eigenvalue weighted by molar-refractivity contribution is -0.0355. The maximum atomic E-state index is 10.4. The fourth-order valence-electron chi connectivity index (χ4n) is 4.44. The topological polar surface area (TPSA) is 81.3 Å². The Bertz CT molecular complexity index is 709. The van der Waals surface area contributed by atoms with Gasteiger partial charge >= 0.3 is 5.97 Å². The third-order valence-electron chi connectivity index (χ3n) is 6.61. The highest BCUT2D eigenvalue weighted by molar-refractivity contribution is 7.13. The molecule has 31 heavy (non-hydrogen) atoms. The molecule has 1 heterocycles. The molecule has 0 aliphatic heterocycles. The van der Waals surface area contributed by atoms with E-state index in [-0.39, 0.29) is 17.4 Å². The first-order valence-electron chi connectivity index (χ1n) is 12.0. The molecule has 2 N–H and O–H groups in total. The SMILES string of the molecule is CC.CCC1(C(O)C/C=C/C2CCC[C@@H]2C#N)CCC1.CCCc1ccc(C(=O)O)s1. The molecule has 2 saturated carbocycles. The van der Waals surface area contributed by atoms with Gasteiger partial charge in [0.2, 0.25) is 0 Å². The molecule has 0 aromatic carbocycles.